The standard InChI is InChI=1S/C15H14F2N2O2/c16-12-5-4-10(8-13(12)17)14-11(9-18-21-14)15(20)19-6-2-1-3-7-19/h4-5,8-9H,1-3,6-7H2. The minimum absolute atomic E-state index is 0.171. The van der Waals surface area contributed by atoms with Crippen molar-refractivity contribution in [3.63, 3.8) is 0 Å². The minimum atomic E-state index is -0.986. The highest BCUT2D eigenvalue weighted by Gasteiger charge is 2.24. The molecule has 0 radical (unpaired) electrons. The van der Waals surface area contributed by atoms with Crippen molar-refractivity contribution in [1.29, 1.82) is 0 Å². The van der Waals surface area contributed by atoms with Crippen molar-refractivity contribution in [2.24, 2.45) is 0 Å². The van der Waals surface area contributed by atoms with Gasteiger partial charge in [0.05, 0.1) is 6.20 Å². The molecule has 6 heteroatoms. The summed E-state index contributed by atoms with van der Waals surface area (Å²) in [7, 11) is 0. The first-order valence-electron chi connectivity index (χ1n) is 6.86. The Kier molecular flexibility index (Phi) is 3.68. The predicted octanol–water partition coefficient (Wildman–Crippen LogP) is 3.25. The summed E-state index contributed by atoms with van der Waals surface area (Å²) in [6, 6.07) is 3.37. The van der Waals surface area contributed by atoms with Gasteiger partial charge in [-0.3, -0.25) is 4.79 Å². The summed E-state index contributed by atoms with van der Waals surface area (Å²) < 4.78 is 31.4. The van der Waals surface area contributed by atoms with E-state index in [4.69, 9.17) is 4.52 Å². The summed E-state index contributed by atoms with van der Waals surface area (Å²) in [6.07, 6.45) is 4.38. The number of nitrogens with zero attached hydrogens (tertiary/aromatic N) is 2. The molecule has 21 heavy (non-hydrogen) atoms. The lowest BCUT2D eigenvalue weighted by atomic mass is 10.1. The normalized spacial score (nSPS) is 15.2. The predicted molar refractivity (Wildman–Crippen MR) is 71.6 cm³/mol. The van der Waals surface area contributed by atoms with Crippen LogP contribution < -0.4 is 0 Å². The van der Waals surface area contributed by atoms with Crippen molar-refractivity contribution in [2.75, 3.05) is 13.1 Å². The number of carbonyl (C=O) groups is 1. The number of amides is 1. The lowest BCUT2D eigenvalue weighted by Crippen LogP contribution is -2.35. The Morgan fingerprint density at radius 2 is 1.90 bits per heavy atom. The molecule has 0 N–H and O–H groups in total. The van der Waals surface area contributed by atoms with E-state index in [1.807, 2.05) is 0 Å². The van der Waals surface area contributed by atoms with Crippen LogP contribution in [0.25, 0.3) is 11.3 Å². The first-order valence-corrected chi connectivity index (χ1v) is 6.86. The van der Waals surface area contributed by atoms with Crippen LogP contribution >= 0.6 is 0 Å². The lowest BCUT2D eigenvalue weighted by molar-refractivity contribution is 0.0724. The summed E-state index contributed by atoms with van der Waals surface area (Å²) in [5, 5.41) is 3.63. The van der Waals surface area contributed by atoms with Crippen molar-refractivity contribution in [3.8, 4) is 11.3 Å². The van der Waals surface area contributed by atoms with Crippen LogP contribution in [0.5, 0.6) is 0 Å². The van der Waals surface area contributed by atoms with Gasteiger partial charge in [0, 0.05) is 18.7 Å². The maximum Gasteiger partial charge on any atom is 0.259 e. The van der Waals surface area contributed by atoms with Crippen LogP contribution in [-0.2, 0) is 0 Å². The number of aromatic nitrogens is 1. The fourth-order valence-corrected chi connectivity index (χ4v) is 2.50. The number of piperidine rings is 1. The molecule has 110 valence electrons. The molecule has 1 saturated heterocycles. The van der Waals surface area contributed by atoms with Crippen LogP contribution in [0.2, 0.25) is 0 Å². The van der Waals surface area contributed by atoms with E-state index < -0.39 is 11.6 Å². The molecular formula is C15H14F2N2O2. The van der Waals surface area contributed by atoms with Gasteiger partial charge in [0.1, 0.15) is 5.56 Å². The van der Waals surface area contributed by atoms with E-state index >= 15 is 0 Å². The average Bonchev–Trinajstić information content (AvgIpc) is 2.99. The first kappa shape index (κ1) is 13.7. The number of hydrogen-bond donors (Lipinski definition) is 0. The third kappa shape index (κ3) is 2.66. The van der Waals surface area contributed by atoms with Gasteiger partial charge in [-0.05, 0) is 37.5 Å². The van der Waals surface area contributed by atoms with Crippen molar-refractivity contribution < 1.29 is 18.1 Å². The average molecular weight is 292 g/mol. The Morgan fingerprint density at radius 1 is 1.14 bits per heavy atom. The van der Waals surface area contributed by atoms with Crippen LogP contribution in [-0.4, -0.2) is 29.1 Å². The number of likely N-dealkylation sites (tertiary alicyclic amines) is 1. The van der Waals surface area contributed by atoms with Gasteiger partial charge in [-0.25, -0.2) is 8.78 Å². The van der Waals surface area contributed by atoms with E-state index in [-0.39, 0.29) is 17.2 Å². The van der Waals surface area contributed by atoms with E-state index in [2.05, 4.69) is 5.16 Å². The molecule has 4 nitrogen and oxygen atoms in total. The monoisotopic (exact) mass is 292 g/mol. The van der Waals surface area contributed by atoms with Crippen LogP contribution in [0.1, 0.15) is 29.6 Å². The maximum atomic E-state index is 13.3. The Labute approximate surface area is 120 Å². The molecule has 1 aliphatic heterocycles. The Morgan fingerprint density at radius 3 is 2.62 bits per heavy atom. The van der Waals surface area contributed by atoms with Gasteiger partial charge in [-0.15, -0.1) is 0 Å². The minimum Gasteiger partial charge on any atom is -0.355 e. The van der Waals surface area contributed by atoms with Crippen LogP contribution in [0, 0.1) is 11.6 Å². The number of benzene rings is 1. The largest absolute Gasteiger partial charge is 0.355 e. The second-order valence-electron chi connectivity index (χ2n) is 5.05. The van der Waals surface area contributed by atoms with Crippen molar-refractivity contribution in [2.45, 2.75) is 19.3 Å². The highest BCUT2D eigenvalue weighted by atomic mass is 19.2. The second-order valence-corrected chi connectivity index (χ2v) is 5.05. The van der Waals surface area contributed by atoms with E-state index in [1.54, 1.807) is 4.90 Å². The molecule has 1 fully saturated rings. The Balaban J connectivity index is 1.92. The van der Waals surface area contributed by atoms with Crippen molar-refractivity contribution in [3.05, 3.63) is 41.6 Å². The molecule has 0 saturated carbocycles. The summed E-state index contributed by atoms with van der Waals surface area (Å²) in [4.78, 5) is 14.2. The van der Waals surface area contributed by atoms with Gasteiger partial charge in [0.25, 0.3) is 5.91 Å². The van der Waals surface area contributed by atoms with Crippen molar-refractivity contribution >= 4 is 5.91 Å². The molecule has 1 aromatic carbocycles. The van der Waals surface area contributed by atoms with Crippen LogP contribution in [0.4, 0.5) is 8.78 Å². The summed E-state index contributed by atoms with van der Waals surface area (Å²) in [5.74, 6) is -1.94. The maximum absolute atomic E-state index is 13.3. The highest BCUT2D eigenvalue weighted by molar-refractivity contribution is 5.99. The molecule has 3 rings (SSSR count). The Hall–Kier alpha value is -2.24. The van der Waals surface area contributed by atoms with Gasteiger partial charge < -0.3 is 9.42 Å². The zero-order valence-corrected chi connectivity index (χ0v) is 11.3. The molecule has 0 unspecified atom stereocenters. The van der Waals surface area contributed by atoms with Gasteiger partial charge in [-0.2, -0.15) is 0 Å². The number of hydrogen-bond acceptors (Lipinski definition) is 3. The summed E-state index contributed by atoms with van der Waals surface area (Å²) >= 11 is 0. The van der Waals surface area contributed by atoms with Gasteiger partial charge in [0.2, 0.25) is 0 Å². The molecule has 0 aliphatic carbocycles. The SMILES string of the molecule is O=C(c1cnoc1-c1ccc(F)c(F)c1)N1CCCCC1. The number of carbonyl (C=O) groups excluding carboxylic acids is 1. The van der Waals surface area contributed by atoms with E-state index in [0.29, 0.717) is 18.7 Å². The van der Waals surface area contributed by atoms with Crippen LogP contribution in [0.3, 0.4) is 0 Å². The lowest BCUT2D eigenvalue weighted by Gasteiger charge is -2.26. The van der Waals surface area contributed by atoms with Gasteiger partial charge in [-0.1, -0.05) is 5.16 Å². The molecule has 1 amide bonds. The molecule has 2 heterocycles. The first-order chi connectivity index (χ1) is 10.2. The quantitative estimate of drug-likeness (QED) is 0.853. The van der Waals surface area contributed by atoms with Gasteiger partial charge >= 0.3 is 0 Å². The second kappa shape index (κ2) is 5.63. The number of rotatable bonds is 2. The third-order valence-electron chi connectivity index (χ3n) is 3.63. The third-order valence-corrected chi connectivity index (χ3v) is 3.63. The fourth-order valence-electron chi connectivity index (χ4n) is 2.50. The van der Waals surface area contributed by atoms with Gasteiger partial charge in [0.15, 0.2) is 17.4 Å². The smallest absolute Gasteiger partial charge is 0.259 e. The summed E-state index contributed by atoms with van der Waals surface area (Å²) in [5.41, 5.74) is 0.578. The zero-order chi connectivity index (χ0) is 14.8. The van der Waals surface area contributed by atoms with E-state index in [9.17, 15) is 13.6 Å². The number of halogens is 2. The molecule has 1 aromatic heterocycles. The topological polar surface area (TPSA) is 46.3 Å². The summed E-state index contributed by atoms with van der Waals surface area (Å²) in [6.45, 7) is 1.39. The van der Waals surface area contributed by atoms with E-state index in [0.717, 1.165) is 31.4 Å². The molecule has 2 aromatic rings. The van der Waals surface area contributed by atoms with Crippen molar-refractivity contribution in [1.82, 2.24) is 10.1 Å². The fraction of sp³-hybridized carbons (Fsp3) is 0.333. The Bertz CT molecular complexity index is 663. The molecule has 0 spiro atoms. The van der Waals surface area contributed by atoms with Crippen LogP contribution in [0.15, 0.2) is 28.9 Å². The molecule has 0 bridgehead atoms. The molecule has 1 aliphatic rings. The zero-order valence-electron chi connectivity index (χ0n) is 11.3. The van der Waals surface area contributed by atoms with E-state index in [1.165, 1.54) is 12.3 Å². The molecule has 0 atom stereocenters. The highest BCUT2D eigenvalue weighted by Crippen LogP contribution is 2.27. The molecular weight excluding hydrogens is 278 g/mol.